The molecule has 1 saturated heterocycles. The van der Waals surface area contributed by atoms with Gasteiger partial charge in [0, 0.05) is 0 Å². The number of nitrogens with zero attached hydrogens (tertiary/aromatic N) is 1. The highest BCUT2D eigenvalue weighted by Crippen LogP contribution is 2.60. The number of hydrogen-bond acceptors (Lipinski definition) is 6. The maximum absolute atomic E-state index is 13.5. The lowest BCUT2D eigenvalue weighted by Gasteiger charge is -2.55. The zero-order chi connectivity index (χ0) is 26.4. The first-order valence-electron chi connectivity index (χ1n) is 13.0. The number of halogens is 1. The van der Waals surface area contributed by atoms with E-state index in [0.29, 0.717) is 45.1 Å². The average molecular weight is 661 g/mol. The van der Waals surface area contributed by atoms with Crippen LogP contribution in [0.5, 0.6) is 11.5 Å². The zero-order valence-corrected chi connectivity index (χ0v) is 24.9. The monoisotopic (exact) mass is 660 g/mol. The second kappa shape index (κ2) is 10.5. The van der Waals surface area contributed by atoms with Gasteiger partial charge in [0.1, 0.15) is 6.61 Å². The summed E-state index contributed by atoms with van der Waals surface area (Å²) in [6.07, 6.45) is 8.38. The Labute approximate surface area is 246 Å². The van der Waals surface area contributed by atoms with Crippen LogP contribution in [-0.2, 0) is 16.2 Å². The van der Waals surface area contributed by atoms with E-state index < -0.39 is 0 Å². The summed E-state index contributed by atoms with van der Waals surface area (Å²) in [4.78, 5) is 27.3. The zero-order valence-electron chi connectivity index (χ0n) is 21.1. The third kappa shape index (κ3) is 4.97. The van der Waals surface area contributed by atoms with E-state index in [1.807, 2.05) is 42.5 Å². The minimum atomic E-state index is -0.346. The smallest absolute Gasteiger partial charge is 0.285 e. The largest absolute Gasteiger partial charge is 0.493 e. The standard InChI is InChI=1S/C29H29IN2O4S2/c1-35-23-11-18(10-22(30)25(23)36-16-17-5-3-2-4-6-17)12-24-26(33)32(28(37)38-24)31-27(34)29-13-19-7-20(14-29)9-21(8-19)15-29/h2-6,10-12,19-21H,7-9,13-16H2,1H3,(H,31,34)/b24-12+. The maximum Gasteiger partial charge on any atom is 0.285 e. The van der Waals surface area contributed by atoms with Gasteiger partial charge in [0.15, 0.2) is 15.8 Å². The lowest BCUT2D eigenvalue weighted by Crippen LogP contribution is -2.57. The molecule has 0 atom stereocenters. The first-order valence-corrected chi connectivity index (χ1v) is 15.3. The van der Waals surface area contributed by atoms with Crippen molar-refractivity contribution in [1.82, 2.24) is 10.4 Å². The van der Waals surface area contributed by atoms with Crippen molar-refractivity contribution in [3.63, 3.8) is 0 Å². The Kier molecular flexibility index (Phi) is 7.19. The molecule has 5 aliphatic rings. The number of benzene rings is 2. The second-order valence-electron chi connectivity index (χ2n) is 11.0. The molecule has 4 saturated carbocycles. The molecule has 0 radical (unpaired) electrons. The first-order chi connectivity index (χ1) is 18.3. The van der Waals surface area contributed by atoms with Crippen LogP contribution in [0.3, 0.4) is 0 Å². The number of thiocarbonyl (C=S) groups is 1. The molecule has 0 unspecified atom stereocenters. The fourth-order valence-corrected chi connectivity index (χ4v) is 8.98. The van der Waals surface area contributed by atoms with Crippen LogP contribution >= 0.6 is 46.6 Å². The molecule has 2 aromatic carbocycles. The number of carbonyl (C=O) groups excluding carboxylic acids is 2. The van der Waals surface area contributed by atoms with Crippen molar-refractivity contribution in [3.8, 4) is 11.5 Å². The molecule has 38 heavy (non-hydrogen) atoms. The molecule has 6 nitrogen and oxygen atoms in total. The molecule has 1 N–H and O–H groups in total. The molecular weight excluding hydrogens is 631 g/mol. The van der Waals surface area contributed by atoms with Gasteiger partial charge < -0.3 is 9.47 Å². The molecule has 2 amide bonds. The van der Waals surface area contributed by atoms with Gasteiger partial charge in [-0.1, -0.05) is 42.1 Å². The highest BCUT2D eigenvalue weighted by molar-refractivity contribution is 14.1. The minimum absolute atomic E-state index is 0.0368. The van der Waals surface area contributed by atoms with Crippen molar-refractivity contribution in [2.45, 2.75) is 45.1 Å². The van der Waals surface area contributed by atoms with Crippen LogP contribution in [0.25, 0.3) is 6.08 Å². The fraction of sp³-hybridized carbons (Fsp3) is 0.414. The Morgan fingerprint density at radius 1 is 1.16 bits per heavy atom. The molecule has 1 aliphatic heterocycles. The Morgan fingerprint density at radius 3 is 2.45 bits per heavy atom. The van der Waals surface area contributed by atoms with Crippen LogP contribution in [0.15, 0.2) is 47.4 Å². The van der Waals surface area contributed by atoms with Crippen molar-refractivity contribution in [2.75, 3.05) is 7.11 Å². The van der Waals surface area contributed by atoms with E-state index in [9.17, 15) is 9.59 Å². The van der Waals surface area contributed by atoms with Gasteiger partial charge in [-0.25, -0.2) is 0 Å². The number of carbonyl (C=O) groups is 2. The molecule has 4 aliphatic carbocycles. The van der Waals surface area contributed by atoms with Gasteiger partial charge in [0.05, 0.1) is 21.0 Å². The lowest BCUT2D eigenvalue weighted by atomic mass is 9.49. The predicted molar refractivity (Wildman–Crippen MR) is 160 cm³/mol. The lowest BCUT2D eigenvalue weighted by molar-refractivity contribution is -0.152. The van der Waals surface area contributed by atoms with Gasteiger partial charge in [-0.3, -0.25) is 15.0 Å². The third-order valence-electron chi connectivity index (χ3n) is 8.30. The van der Waals surface area contributed by atoms with Crippen molar-refractivity contribution in [1.29, 1.82) is 0 Å². The topological polar surface area (TPSA) is 67.9 Å². The summed E-state index contributed by atoms with van der Waals surface area (Å²) in [5.41, 5.74) is 4.44. The summed E-state index contributed by atoms with van der Waals surface area (Å²) in [5.74, 6) is 2.86. The van der Waals surface area contributed by atoms with Crippen LogP contribution in [0.1, 0.15) is 49.7 Å². The Hall–Kier alpha value is -2.11. The highest BCUT2D eigenvalue weighted by Gasteiger charge is 2.55. The van der Waals surface area contributed by atoms with Gasteiger partial charge in [0.2, 0.25) is 5.91 Å². The molecule has 198 valence electrons. The van der Waals surface area contributed by atoms with E-state index in [1.165, 1.54) is 36.0 Å². The molecule has 4 bridgehead atoms. The summed E-state index contributed by atoms with van der Waals surface area (Å²) >= 11 is 8.94. The summed E-state index contributed by atoms with van der Waals surface area (Å²) < 4.78 is 12.9. The summed E-state index contributed by atoms with van der Waals surface area (Å²) in [5, 5.41) is 1.27. The van der Waals surface area contributed by atoms with Crippen LogP contribution < -0.4 is 14.9 Å². The number of thioether (sulfide) groups is 1. The van der Waals surface area contributed by atoms with Crippen LogP contribution in [0.2, 0.25) is 0 Å². The van der Waals surface area contributed by atoms with Crippen LogP contribution in [0, 0.1) is 26.7 Å². The van der Waals surface area contributed by atoms with Gasteiger partial charge in [-0.05, 0) is 120 Å². The molecule has 2 aromatic rings. The molecule has 7 rings (SSSR count). The number of methoxy groups -OCH3 is 1. The van der Waals surface area contributed by atoms with Crippen molar-refractivity contribution in [2.24, 2.45) is 23.2 Å². The first kappa shape index (κ1) is 26.1. The van der Waals surface area contributed by atoms with Gasteiger partial charge in [0.25, 0.3) is 5.91 Å². The third-order valence-corrected chi connectivity index (χ3v) is 10.4. The predicted octanol–water partition coefficient (Wildman–Crippen LogP) is 6.33. The Balaban J connectivity index is 1.17. The Bertz CT molecular complexity index is 1290. The van der Waals surface area contributed by atoms with Crippen LogP contribution in [0.4, 0.5) is 0 Å². The van der Waals surface area contributed by atoms with E-state index >= 15 is 0 Å². The minimum Gasteiger partial charge on any atom is -0.493 e. The maximum atomic E-state index is 13.5. The number of rotatable bonds is 7. The molecule has 0 aromatic heterocycles. The Morgan fingerprint density at radius 2 is 1.82 bits per heavy atom. The van der Waals surface area contributed by atoms with E-state index in [4.69, 9.17) is 21.7 Å². The van der Waals surface area contributed by atoms with Gasteiger partial charge in [-0.15, -0.1) is 0 Å². The molecule has 0 spiro atoms. The number of ether oxygens (including phenoxy) is 2. The normalized spacial score (nSPS) is 28.7. The van der Waals surface area contributed by atoms with Gasteiger partial charge in [-0.2, -0.15) is 5.01 Å². The van der Waals surface area contributed by atoms with E-state index in [1.54, 1.807) is 13.2 Å². The number of amides is 2. The SMILES string of the molecule is COc1cc(/C=C2/SC(=S)N(NC(=O)C34CC5CC(CC(C5)C3)C4)C2=O)cc(I)c1OCc1ccccc1. The van der Waals surface area contributed by atoms with Crippen molar-refractivity contribution >= 4 is 68.8 Å². The summed E-state index contributed by atoms with van der Waals surface area (Å²) in [6, 6.07) is 13.7. The van der Waals surface area contributed by atoms with Crippen molar-refractivity contribution < 1.29 is 19.1 Å². The number of hydrogen-bond donors (Lipinski definition) is 1. The number of hydrazine groups is 1. The van der Waals surface area contributed by atoms with E-state index in [-0.39, 0.29) is 17.2 Å². The molecule has 9 heteroatoms. The van der Waals surface area contributed by atoms with E-state index in [0.717, 1.165) is 34.0 Å². The molecule has 5 fully saturated rings. The molecular formula is C29H29IN2O4S2. The second-order valence-corrected chi connectivity index (χ2v) is 13.8. The highest BCUT2D eigenvalue weighted by atomic mass is 127. The summed E-state index contributed by atoms with van der Waals surface area (Å²) in [6.45, 7) is 0.425. The quantitative estimate of drug-likeness (QED) is 0.213. The number of nitrogens with one attached hydrogen (secondary N) is 1. The molecule has 1 heterocycles. The van der Waals surface area contributed by atoms with Crippen molar-refractivity contribution in [3.05, 3.63) is 62.1 Å². The van der Waals surface area contributed by atoms with Gasteiger partial charge >= 0.3 is 0 Å². The fourth-order valence-electron chi connectivity index (χ4n) is 7.02. The average Bonchev–Trinajstić information content (AvgIpc) is 3.14. The summed E-state index contributed by atoms with van der Waals surface area (Å²) in [7, 11) is 1.60. The van der Waals surface area contributed by atoms with Crippen LogP contribution in [-0.4, -0.2) is 28.3 Å². The van der Waals surface area contributed by atoms with E-state index in [2.05, 4.69) is 28.0 Å².